The van der Waals surface area contributed by atoms with E-state index in [1.54, 1.807) is 28.1 Å². The Kier molecular flexibility index (Phi) is 7.00. The van der Waals surface area contributed by atoms with E-state index in [2.05, 4.69) is 5.32 Å². The van der Waals surface area contributed by atoms with Gasteiger partial charge in [0.1, 0.15) is 6.23 Å². The molecule has 3 rings (SSSR count). The lowest BCUT2D eigenvalue weighted by Crippen LogP contribution is -2.66. The SMILES string of the molecule is COC1C2CCOC2NC2C1CCC(OCC(OC(C)=O)C(C)(C)O)C2OC. The van der Waals surface area contributed by atoms with Crippen LogP contribution in [-0.2, 0) is 28.5 Å². The van der Waals surface area contributed by atoms with Gasteiger partial charge in [-0.15, -0.1) is 0 Å². The molecule has 8 nitrogen and oxygen atoms in total. The summed E-state index contributed by atoms with van der Waals surface area (Å²) in [5, 5.41) is 13.9. The Morgan fingerprint density at radius 3 is 2.50 bits per heavy atom. The maximum atomic E-state index is 11.4. The Morgan fingerprint density at radius 2 is 1.89 bits per heavy atom. The first-order valence-electron chi connectivity index (χ1n) is 10.2. The molecule has 28 heavy (non-hydrogen) atoms. The molecule has 1 saturated carbocycles. The van der Waals surface area contributed by atoms with Gasteiger partial charge in [-0.2, -0.15) is 0 Å². The highest BCUT2D eigenvalue weighted by Crippen LogP contribution is 2.42. The van der Waals surface area contributed by atoms with Crippen LogP contribution in [0.25, 0.3) is 0 Å². The number of hydrogen-bond acceptors (Lipinski definition) is 8. The van der Waals surface area contributed by atoms with Gasteiger partial charge in [0.15, 0.2) is 6.10 Å². The van der Waals surface area contributed by atoms with Gasteiger partial charge in [-0.05, 0) is 33.1 Å². The molecule has 0 amide bonds. The van der Waals surface area contributed by atoms with E-state index >= 15 is 0 Å². The number of nitrogens with one attached hydrogen (secondary N) is 1. The first-order valence-corrected chi connectivity index (χ1v) is 10.2. The van der Waals surface area contributed by atoms with Crippen molar-refractivity contribution >= 4 is 5.97 Å². The van der Waals surface area contributed by atoms with Gasteiger partial charge in [-0.25, -0.2) is 0 Å². The molecule has 3 aliphatic rings. The molecule has 2 saturated heterocycles. The second-order valence-electron chi connectivity index (χ2n) is 8.70. The van der Waals surface area contributed by atoms with Gasteiger partial charge >= 0.3 is 5.97 Å². The number of aliphatic hydroxyl groups is 1. The van der Waals surface area contributed by atoms with Crippen LogP contribution in [0.4, 0.5) is 0 Å². The molecule has 3 fully saturated rings. The van der Waals surface area contributed by atoms with Gasteiger partial charge in [-0.1, -0.05) is 0 Å². The Balaban J connectivity index is 1.68. The highest BCUT2D eigenvalue weighted by atomic mass is 16.6. The Labute approximate surface area is 167 Å². The molecule has 8 atom stereocenters. The maximum absolute atomic E-state index is 11.4. The molecule has 2 aliphatic heterocycles. The third-order valence-corrected chi connectivity index (χ3v) is 6.41. The van der Waals surface area contributed by atoms with E-state index in [0.29, 0.717) is 11.8 Å². The molecular formula is C20H35NO7. The summed E-state index contributed by atoms with van der Waals surface area (Å²) in [6.45, 7) is 5.41. The number of rotatable bonds is 7. The van der Waals surface area contributed by atoms with Crippen LogP contribution in [0.15, 0.2) is 0 Å². The van der Waals surface area contributed by atoms with Crippen LogP contribution < -0.4 is 5.32 Å². The van der Waals surface area contributed by atoms with Crippen molar-refractivity contribution < 1.29 is 33.6 Å². The molecule has 0 radical (unpaired) electrons. The smallest absolute Gasteiger partial charge is 0.303 e. The van der Waals surface area contributed by atoms with E-state index in [4.69, 9.17) is 23.7 Å². The molecular weight excluding hydrogens is 366 g/mol. The van der Waals surface area contributed by atoms with Gasteiger partial charge in [0.05, 0.1) is 30.5 Å². The average Bonchev–Trinajstić information content (AvgIpc) is 3.09. The molecule has 1 aliphatic carbocycles. The van der Waals surface area contributed by atoms with Crippen molar-refractivity contribution in [2.45, 2.75) is 82.3 Å². The molecule has 8 heteroatoms. The van der Waals surface area contributed by atoms with Crippen molar-refractivity contribution in [1.29, 1.82) is 0 Å². The minimum Gasteiger partial charge on any atom is -0.457 e. The molecule has 0 bridgehead atoms. The molecule has 0 aromatic rings. The number of esters is 1. The molecule has 2 N–H and O–H groups in total. The van der Waals surface area contributed by atoms with Gasteiger partial charge in [0.25, 0.3) is 0 Å². The quantitative estimate of drug-likeness (QED) is 0.606. The lowest BCUT2D eigenvalue weighted by atomic mass is 9.70. The molecule has 0 aromatic heterocycles. The zero-order valence-electron chi connectivity index (χ0n) is 17.6. The first kappa shape index (κ1) is 21.9. The summed E-state index contributed by atoms with van der Waals surface area (Å²) < 4.78 is 29.0. The van der Waals surface area contributed by atoms with E-state index in [-0.39, 0.29) is 37.2 Å². The summed E-state index contributed by atoms with van der Waals surface area (Å²) in [4.78, 5) is 11.4. The Morgan fingerprint density at radius 1 is 1.18 bits per heavy atom. The fourth-order valence-corrected chi connectivity index (χ4v) is 5.00. The number of hydrogen-bond donors (Lipinski definition) is 2. The van der Waals surface area contributed by atoms with Crippen LogP contribution in [0, 0.1) is 11.8 Å². The zero-order valence-corrected chi connectivity index (χ0v) is 17.6. The summed E-state index contributed by atoms with van der Waals surface area (Å²) in [7, 11) is 3.47. The molecule has 0 spiro atoms. The van der Waals surface area contributed by atoms with E-state index < -0.39 is 17.7 Å². The van der Waals surface area contributed by atoms with Gasteiger partial charge in [0, 0.05) is 45.6 Å². The lowest BCUT2D eigenvalue weighted by Gasteiger charge is -2.51. The van der Waals surface area contributed by atoms with Crippen molar-refractivity contribution in [3.05, 3.63) is 0 Å². The van der Waals surface area contributed by atoms with Crippen molar-refractivity contribution in [2.24, 2.45) is 11.8 Å². The van der Waals surface area contributed by atoms with Crippen molar-refractivity contribution in [3.8, 4) is 0 Å². The number of carbonyl (C=O) groups is 1. The average molecular weight is 402 g/mol. The van der Waals surface area contributed by atoms with Gasteiger partial charge < -0.3 is 28.8 Å². The van der Waals surface area contributed by atoms with E-state index in [0.717, 1.165) is 25.9 Å². The largest absolute Gasteiger partial charge is 0.457 e. The third-order valence-electron chi connectivity index (χ3n) is 6.41. The predicted molar refractivity (Wildman–Crippen MR) is 101 cm³/mol. The second kappa shape index (κ2) is 8.93. The third kappa shape index (κ3) is 4.52. The van der Waals surface area contributed by atoms with Crippen LogP contribution >= 0.6 is 0 Å². The fourth-order valence-electron chi connectivity index (χ4n) is 5.00. The minimum atomic E-state index is -1.19. The van der Waals surface area contributed by atoms with Crippen molar-refractivity contribution in [2.75, 3.05) is 27.4 Å². The number of methoxy groups -OCH3 is 2. The maximum Gasteiger partial charge on any atom is 0.303 e. The van der Waals surface area contributed by atoms with Crippen LogP contribution in [0.1, 0.15) is 40.0 Å². The molecule has 0 aromatic carbocycles. The Bertz CT molecular complexity index is 537. The number of fused-ring (bicyclic) bond motifs is 2. The molecule has 2 heterocycles. The number of piperidine rings is 1. The highest BCUT2D eigenvalue weighted by molar-refractivity contribution is 5.66. The van der Waals surface area contributed by atoms with Crippen LogP contribution in [0.5, 0.6) is 0 Å². The predicted octanol–water partition coefficient (Wildman–Crippen LogP) is 0.849. The highest BCUT2D eigenvalue weighted by Gasteiger charge is 2.53. The summed E-state index contributed by atoms with van der Waals surface area (Å²) in [6.07, 6.45) is 1.80. The number of carbonyl (C=O) groups excluding carboxylic acids is 1. The summed E-state index contributed by atoms with van der Waals surface area (Å²) in [5.74, 6) is 0.255. The normalized spacial score (nSPS) is 39.1. The van der Waals surface area contributed by atoms with E-state index in [1.165, 1.54) is 6.92 Å². The van der Waals surface area contributed by atoms with Gasteiger partial charge in [0.2, 0.25) is 0 Å². The zero-order chi connectivity index (χ0) is 20.5. The minimum absolute atomic E-state index is 0.0206. The van der Waals surface area contributed by atoms with Crippen molar-refractivity contribution in [3.63, 3.8) is 0 Å². The fraction of sp³-hybridized carbons (Fsp3) is 0.950. The molecule has 162 valence electrons. The second-order valence-corrected chi connectivity index (χ2v) is 8.70. The summed E-state index contributed by atoms with van der Waals surface area (Å²) >= 11 is 0. The van der Waals surface area contributed by atoms with Crippen LogP contribution in [0.3, 0.4) is 0 Å². The monoisotopic (exact) mass is 401 g/mol. The van der Waals surface area contributed by atoms with Gasteiger partial charge in [-0.3, -0.25) is 10.1 Å². The lowest BCUT2D eigenvalue weighted by molar-refractivity contribution is -0.189. The van der Waals surface area contributed by atoms with E-state index in [9.17, 15) is 9.90 Å². The molecule has 8 unspecified atom stereocenters. The van der Waals surface area contributed by atoms with E-state index in [1.807, 2.05) is 0 Å². The number of ether oxygens (including phenoxy) is 5. The van der Waals surface area contributed by atoms with Crippen LogP contribution in [-0.4, -0.2) is 80.8 Å². The van der Waals surface area contributed by atoms with Crippen LogP contribution in [0.2, 0.25) is 0 Å². The first-order chi connectivity index (χ1) is 13.3. The standard InChI is InChI=1S/C20H35NO7/c1-11(22)28-15(20(2,3)23)10-27-14-7-6-12-16(18(14)25-5)21-19-13(8-9-26-19)17(12)24-4/h12-19,21,23H,6-10H2,1-5H3. The Hall–Kier alpha value is -0.770. The summed E-state index contributed by atoms with van der Waals surface area (Å²) in [5.41, 5.74) is -1.19. The topological polar surface area (TPSA) is 95.5 Å². The summed E-state index contributed by atoms with van der Waals surface area (Å²) in [6, 6.07) is 0.0577. The van der Waals surface area contributed by atoms with Crippen molar-refractivity contribution in [1.82, 2.24) is 5.32 Å².